The van der Waals surface area contributed by atoms with E-state index in [1.807, 2.05) is 0 Å². The number of fused-ring (bicyclic) bond motifs is 1. The van der Waals surface area contributed by atoms with E-state index in [0.29, 0.717) is 5.56 Å². The summed E-state index contributed by atoms with van der Waals surface area (Å²) in [6, 6.07) is 7.93. The highest BCUT2D eigenvalue weighted by molar-refractivity contribution is 5.68. The van der Waals surface area contributed by atoms with E-state index in [2.05, 4.69) is 14.5 Å². The molecule has 0 bridgehead atoms. The Morgan fingerprint density at radius 3 is 2.04 bits per heavy atom. The van der Waals surface area contributed by atoms with Crippen molar-refractivity contribution < 1.29 is 34.5 Å². The van der Waals surface area contributed by atoms with Crippen LogP contribution in [0.15, 0.2) is 42.5 Å². The average molecular weight is 391 g/mol. The van der Waals surface area contributed by atoms with Crippen molar-refractivity contribution in [3.63, 3.8) is 0 Å². The van der Waals surface area contributed by atoms with Crippen LogP contribution in [0.1, 0.15) is 17.2 Å². The minimum absolute atomic E-state index is 0.0114. The molecule has 28 heavy (non-hydrogen) atoms. The zero-order chi connectivity index (χ0) is 20.3. The average Bonchev–Trinajstić information content (AvgIpc) is 2.60. The molecule has 2 aromatic rings. The van der Waals surface area contributed by atoms with E-state index in [-0.39, 0.29) is 28.6 Å². The fraction of sp³-hybridized carbons (Fsp3) is 0.0667. The zero-order valence-corrected chi connectivity index (χ0v) is 13.6. The summed E-state index contributed by atoms with van der Waals surface area (Å²) in [6.45, 7) is 0. The molecule has 2 aromatic carbocycles. The van der Waals surface area contributed by atoms with E-state index < -0.39 is 21.4 Å². The minimum atomic E-state index is -1.08. The van der Waals surface area contributed by atoms with Crippen LogP contribution in [0.4, 0.5) is 0 Å². The Morgan fingerprint density at radius 2 is 1.43 bits per heavy atom. The fourth-order valence-corrected chi connectivity index (χ4v) is 2.48. The summed E-state index contributed by atoms with van der Waals surface area (Å²) in [7, 11) is 0. The quantitative estimate of drug-likeness (QED) is 0.505. The van der Waals surface area contributed by atoms with Crippen LogP contribution < -0.4 is 19.2 Å². The third kappa shape index (κ3) is 4.21. The Bertz CT molecular complexity index is 973. The Kier molecular flexibility index (Phi) is 4.89. The number of ether oxygens (including phenoxy) is 1. The van der Waals surface area contributed by atoms with Gasteiger partial charge in [0.25, 0.3) is 15.3 Å². The lowest BCUT2D eigenvalue weighted by Gasteiger charge is -2.23. The first-order valence-corrected chi connectivity index (χ1v) is 7.42. The molecule has 1 unspecified atom stereocenters. The smallest absolute Gasteiger partial charge is 0.299 e. The SMILES string of the molecule is O=[N+]([O-])Oc1ccc(C2C=Cc3c(cc(O[N+](=O)[O-])cc3O[N+](=O)[O-])O2)cc1. The summed E-state index contributed by atoms with van der Waals surface area (Å²) >= 11 is 0. The second kappa shape index (κ2) is 7.45. The molecule has 0 radical (unpaired) electrons. The van der Waals surface area contributed by atoms with Crippen molar-refractivity contribution in [2.75, 3.05) is 0 Å². The topological polar surface area (TPSA) is 166 Å². The minimum Gasteiger partial charge on any atom is -0.481 e. The van der Waals surface area contributed by atoms with Crippen molar-refractivity contribution in [1.29, 1.82) is 0 Å². The largest absolute Gasteiger partial charge is 0.481 e. The van der Waals surface area contributed by atoms with Gasteiger partial charge in [0.2, 0.25) is 0 Å². The molecule has 0 saturated heterocycles. The van der Waals surface area contributed by atoms with Gasteiger partial charge < -0.3 is 4.74 Å². The maximum Gasteiger partial charge on any atom is 0.299 e. The highest BCUT2D eigenvalue weighted by atomic mass is 17.0. The van der Waals surface area contributed by atoms with Gasteiger partial charge in [-0.2, -0.15) is 0 Å². The van der Waals surface area contributed by atoms with Gasteiger partial charge in [-0.25, -0.2) is 0 Å². The van der Waals surface area contributed by atoms with Crippen LogP contribution in [0.25, 0.3) is 6.08 Å². The van der Waals surface area contributed by atoms with Crippen LogP contribution in [0.2, 0.25) is 0 Å². The molecular formula is C15H9N3O10. The standard InChI is InChI=1S/C15H9N3O10/c19-16(20)26-10-3-1-9(2-4-10)13-6-5-12-14(25-13)7-11(27-17(21)22)8-15(12)28-18(23)24/h1-8,13H. The predicted molar refractivity (Wildman–Crippen MR) is 88.2 cm³/mol. The molecule has 3 rings (SSSR count). The van der Waals surface area contributed by atoms with Crippen molar-refractivity contribution in [3.8, 4) is 23.0 Å². The maximum atomic E-state index is 10.7. The van der Waals surface area contributed by atoms with E-state index in [4.69, 9.17) is 4.74 Å². The third-order valence-corrected chi connectivity index (χ3v) is 3.51. The molecule has 1 atom stereocenters. The third-order valence-electron chi connectivity index (χ3n) is 3.51. The van der Waals surface area contributed by atoms with E-state index in [1.54, 1.807) is 6.08 Å². The van der Waals surface area contributed by atoms with Crippen molar-refractivity contribution in [2.24, 2.45) is 0 Å². The first-order chi connectivity index (χ1) is 13.3. The first kappa shape index (κ1) is 18.4. The van der Waals surface area contributed by atoms with Crippen molar-refractivity contribution in [3.05, 3.63) is 83.9 Å². The summed E-state index contributed by atoms with van der Waals surface area (Å²) in [4.78, 5) is 44.7. The molecule has 0 fully saturated rings. The first-order valence-electron chi connectivity index (χ1n) is 7.42. The molecule has 13 nitrogen and oxygen atoms in total. The Balaban J connectivity index is 1.90. The van der Waals surface area contributed by atoms with Crippen LogP contribution >= 0.6 is 0 Å². The van der Waals surface area contributed by atoms with Gasteiger partial charge in [0.1, 0.15) is 29.1 Å². The molecule has 0 spiro atoms. The second-order valence-electron chi connectivity index (χ2n) is 5.24. The Labute approximate surface area is 154 Å². The molecule has 1 heterocycles. The van der Waals surface area contributed by atoms with Crippen molar-refractivity contribution in [1.82, 2.24) is 0 Å². The lowest BCUT2D eigenvalue weighted by Crippen LogP contribution is -2.13. The zero-order valence-electron chi connectivity index (χ0n) is 13.6. The van der Waals surface area contributed by atoms with Gasteiger partial charge in [-0.05, 0) is 35.9 Å². The second-order valence-corrected chi connectivity index (χ2v) is 5.24. The van der Waals surface area contributed by atoms with Crippen molar-refractivity contribution in [2.45, 2.75) is 6.10 Å². The molecular weight excluding hydrogens is 382 g/mol. The van der Waals surface area contributed by atoms with Gasteiger partial charge in [-0.15, -0.1) is 30.3 Å². The van der Waals surface area contributed by atoms with E-state index in [1.165, 1.54) is 36.4 Å². The van der Waals surface area contributed by atoms with E-state index >= 15 is 0 Å². The molecule has 0 saturated carbocycles. The lowest BCUT2D eigenvalue weighted by atomic mass is 10.0. The van der Waals surface area contributed by atoms with Crippen LogP contribution in [0.3, 0.4) is 0 Å². The molecule has 1 aliphatic heterocycles. The summed E-state index contributed by atoms with van der Waals surface area (Å²) in [5.74, 6) is -0.570. The Morgan fingerprint density at radius 1 is 0.821 bits per heavy atom. The number of hydrogen-bond donors (Lipinski definition) is 0. The Hall–Kier alpha value is -4.42. The highest BCUT2D eigenvalue weighted by Crippen LogP contribution is 2.41. The monoisotopic (exact) mass is 391 g/mol. The lowest BCUT2D eigenvalue weighted by molar-refractivity contribution is -0.713. The van der Waals surface area contributed by atoms with Crippen LogP contribution in [-0.2, 0) is 0 Å². The molecule has 0 amide bonds. The molecule has 0 N–H and O–H groups in total. The summed E-state index contributed by atoms with van der Waals surface area (Å²) in [5.41, 5.74) is 0.770. The normalized spacial score (nSPS) is 14.4. The number of benzene rings is 2. The number of hydrogen-bond acceptors (Lipinski definition) is 10. The summed E-state index contributed by atoms with van der Waals surface area (Å²) in [5, 5.41) is 28.5. The molecule has 144 valence electrons. The number of rotatable bonds is 7. The van der Waals surface area contributed by atoms with Gasteiger partial charge >= 0.3 is 0 Å². The van der Waals surface area contributed by atoms with Gasteiger partial charge in [-0.3, -0.25) is 14.5 Å². The molecule has 0 aromatic heterocycles. The molecule has 1 aliphatic rings. The van der Waals surface area contributed by atoms with Crippen LogP contribution in [-0.4, -0.2) is 15.3 Å². The van der Waals surface area contributed by atoms with Gasteiger partial charge in [-0.1, -0.05) is 12.1 Å². The fourth-order valence-electron chi connectivity index (χ4n) is 2.48. The van der Waals surface area contributed by atoms with E-state index in [0.717, 1.165) is 6.07 Å². The van der Waals surface area contributed by atoms with Crippen molar-refractivity contribution >= 4 is 6.08 Å². The maximum absolute atomic E-state index is 10.7. The van der Waals surface area contributed by atoms with Crippen LogP contribution in [0.5, 0.6) is 23.0 Å². The van der Waals surface area contributed by atoms with Gasteiger partial charge in [0.05, 0.1) is 0 Å². The number of nitrogens with zero attached hydrogens (tertiary/aromatic N) is 3. The summed E-state index contributed by atoms with van der Waals surface area (Å²) in [6.07, 6.45) is 2.37. The van der Waals surface area contributed by atoms with Crippen LogP contribution in [0, 0.1) is 30.3 Å². The summed E-state index contributed by atoms with van der Waals surface area (Å²) < 4.78 is 5.72. The molecule has 0 aliphatic carbocycles. The van der Waals surface area contributed by atoms with Gasteiger partial charge in [0, 0.05) is 11.6 Å². The van der Waals surface area contributed by atoms with Gasteiger partial charge in [0.15, 0.2) is 0 Å². The van der Waals surface area contributed by atoms with E-state index in [9.17, 15) is 30.3 Å². The molecule has 13 heteroatoms. The highest BCUT2D eigenvalue weighted by Gasteiger charge is 2.22. The predicted octanol–water partition coefficient (Wildman–Crippen LogP) is 2.55.